The standard InChI is InChI=1S/C28H35F2N3O4Si/c1-18(2)7-6-8-21-25-22(16-31-33(27(25)34)17-35-13-14-38(3,4)5)32-26(21)19-9-12-23(37-28(29)30)24(15-19)36-20-10-11-20/h9,12,15-16,18,20,28,32H,8,10-11,13-14,17H2,1-5H3. The Bertz CT molecular complexity index is 1400. The second-order valence-electron chi connectivity index (χ2n) is 11.1. The molecule has 1 fully saturated rings. The van der Waals surface area contributed by atoms with Crippen molar-refractivity contribution in [3.63, 3.8) is 0 Å². The van der Waals surface area contributed by atoms with Crippen LogP contribution in [0.15, 0.2) is 29.2 Å². The van der Waals surface area contributed by atoms with Crippen LogP contribution in [-0.4, -0.2) is 42.2 Å². The third kappa shape index (κ3) is 7.23. The van der Waals surface area contributed by atoms with Gasteiger partial charge in [-0.1, -0.05) is 39.4 Å². The van der Waals surface area contributed by atoms with E-state index in [1.165, 1.54) is 10.7 Å². The Morgan fingerprint density at radius 3 is 2.63 bits per heavy atom. The minimum absolute atomic E-state index is 0.0123. The molecule has 1 aliphatic carbocycles. The number of aromatic amines is 1. The molecule has 0 amide bonds. The molecule has 10 heteroatoms. The second-order valence-corrected chi connectivity index (χ2v) is 16.7. The first-order valence-electron chi connectivity index (χ1n) is 12.9. The van der Waals surface area contributed by atoms with Crippen molar-refractivity contribution in [2.45, 2.75) is 78.2 Å². The van der Waals surface area contributed by atoms with Crippen LogP contribution in [0.2, 0.25) is 25.7 Å². The Kier molecular flexibility index (Phi) is 8.58. The maximum absolute atomic E-state index is 13.5. The van der Waals surface area contributed by atoms with Crippen molar-refractivity contribution in [1.82, 2.24) is 14.8 Å². The monoisotopic (exact) mass is 543 g/mol. The summed E-state index contributed by atoms with van der Waals surface area (Å²) in [4.78, 5) is 16.8. The van der Waals surface area contributed by atoms with Gasteiger partial charge in [-0.15, -0.1) is 5.92 Å². The molecule has 0 atom stereocenters. The molecule has 3 aromatic rings. The van der Waals surface area contributed by atoms with Crippen LogP contribution in [0.25, 0.3) is 22.2 Å². The molecular formula is C28H35F2N3O4Si. The lowest BCUT2D eigenvalue weighted by molar-refractivity contribution is -0.0516. The molecule has 7 nitrogen and oxygen atoms in total. The Morgan fingerprint density at radius 1 is 1.21 bits per heavy atom. The maximum Gasteiger partial charge on any atom is 0.387 e. The molecule has 0 saturated heterocycles. The number of H-pyrrole nitrogens is 1. The predicted octanol–water partition coefficient (Wildman–Crippen LogP) is 6.05. The van der Waals surface area contributed by atoms with E-state index >= 15 is 0 Å². The van der Waals surface area contributed by atoms with Crippen molar-refractivity contribution in [3.8, 4) is 34.6 Å². The van der Waals surface area contributed by atoms with Gasteiger partial charge in [-0.05, 0) is 37.1 Å². The summed E-state index contributed by atoms with van der Waals surface area (Å²) in [7, 11) is -1.26. The van der Waals surface area contributed by atoms with Crippen LogP contribution in [0.1, 0.15) is 32.3 Å². The van der Waals surface area contributed by atoms with Crippen molar-refractivity contribution in [2.75, 3.05) is 6.61 Å². The summed E-state index contributed by atoms with van der Waals surface area (Å²) >= 11 is 0. The highest BCUT2D eigenvalue weighted by Crippen LogP contribution is 2.39. The molecular weight excluding hydrogens is 508 g/mol. The van der Waals surface area contributed by atoms with Gasteiger partial charge >= 0.3 is 6.61 Å². The van der Waals surface area contributed by atoms with Gasteiger partial charge in [0.1, 0.15) is 6.73 Å². The average molecular weight is 544 g/mol. The average Bonchev–Trinajstić information content (AvgIpc) is 3.56. The number of nitrogens with one attached hydrogen (secondary N) is 1. The molecule has 1 aliphatic rings. The number of aromatic nitrogens is 3. The van der Waals surface area contributed by atoms with E-state index in [4.69, 9.17) is 9.47 Å². The first kappa shape index (κ1) is 27.9. The summed E-state index contributed by atoms with van der Waals surface area (Å²) in [6.07, 6.45) is 3.66. The summed E-state index contributed by atoms with van der Waals surface area (Å²) in [5.41, 5.74) is 2.36. The van der Waals surface area contributed by atoms with Crippen molar-refractivity contribution in [2.24, 2.45) is 5.92 Å². The molecule has 0 bridgehead atoms. The fourth-order valence-corrected chi connectivity index (χ4v) is 4.67. The van der Waals surface area contributed by atoms with Gasteiger partial charge in [0.15, 0.2) is 11.5 Å². The number of ether oxygens (including phenoxy) is 3. The summed E-state index contributed by atoms with van der Waals surface area (Å²) in [6.45, 7) is 8.49. The normalized spacial score (nSPS) is 13.7. The van der Waals surface area contributed by atoms with Gasteiger partial charge in [0.25, 0.3) is 5.56 Å². The SMILES string of the molecule is CC(C)C#CCc1c(-c2ccc(OC(F)F)c(OC3CC3)c2)[nH]c2cnn(COCC[Si](C)(C)C)c(=O)c12. The molecule has 1 saturated carbocycles. The molecule has 0 radical (unpaired) electrons. The third-order valence-corrected chi connectivity index (χ3v) is 7.74. The van der Waals surface area contributed by atoms with Gasteiger partial charge in [0, 0.05) is 38.1 Å². The number of benzene rings is 1. The fourth-order valence-electron chi connectivity index (χ4n) is 3.91. The summed E-state index contributed by atoms with van der Waals surface area (Å²) < 4.78 is 43.6. The summed E-state index contributed by atoms with van der Waals surface area (Å²) in [5.74, 6) is 6.73. The van der Waals surface area contributed by atoms with Crippen molar-refractivity contribution in [3.05, 3.63) is 40.3 Å². The predicted molar refractivity (Wildman–Crippen MR) is 146 cm³/mol. The number of halogens is 2. The van der Waals surface area contributed by atoms with Crippen LogP contribution in [0, 0.1) is 17.8 Å². The van der Waals surface area contributed by atoms with Crippen LogP contribution in [0.4, 0.5) is 8.78 Å². The van der Waals surface area contributed by atoms with Gasteiger partial charge in [0.05, 0.1) is 28.9 Å². The lowest BCUT2D eigenvalue weighted by Crippen LogP contribution is -2.26. The Labute approximate surface area is 222 Å². The van der Waals surface area contributed by atoms with Gasteiger partial charge in [-0.2, -0.15) is 13.9 Å². The van der Waals surface area contributed by atoms with E-state index in [9.17, 15) is 13.6 Å². The van der Waals surface area contributed by atoms with Gasteiger partial charge in [-0.3, -0.25) is 4.79 Å². The minimum atomic E-state index is -2.96. The molecule has 204 valence electrons. The Balaban J connectivity index is 1.74. The number of alkyl halides is 2. The lowest BCUT2D eigenvalue weighted by atomic mass is 10.0. The fraction of sp³-hybridized carbons (Fsp3) is 0.500. The molecule has 1 N–H and O–H groups in total. The van der Waals surface area contributed by atoms with Gasteiger partial charge in [0.2, 0.25) is 0 Å². The van der Waals surface area contributed by atoms with Crippen LogP contribution < -0.4 is 15.0 Å². The smallest absolute Gasteiger partial charge is 0.387 e. The number of nitrogens with zero attached hydrogens (tertiary/aromatic N) is 2. The summed E-state index contributed by atoms with van der Waals surface area (Å²) in [5, 5.41) is 4.79. The van der Waals surface area contributed by atoms with Crippen LogP contribution in [0.5, 0.6) is 11.5 Å². The van der Waals surface area contributed by atoms with E-state index in [1.54, 1.807) is 18.3 Å². The number of rotatable bonds is 11. The maximum atomic E-state index is 13.5. The summed E-state index contributed by atoms with van der Waals surface area (Å²) in [6, 6.07) is 5.81. The molecule has 0 unspecified atom stereocenters. The zero-order chi connectivity index (χ0) is 27.4. The van der Waals surface area contributed by atoms with E-state index in [1.807, 2.05) is 13.8 Å². The van der Waals surface area contributed by atoms with Gasteiger partial charge in [-0.25, -0.2) is 4.68 Å². The third-order valence-electron chi connectivity index (χ3n) is 6.04. The van der Waals surface area contributed by atoms with E-state index in [-0.39, 0.29) is 35.8 Å². The molecule has 2 heterocycles. The van der Waals surface area contributed by atoms with E-state index in [0.717, 1.165) is 24.4 Å². The topological polar surface area (TPSA) is 78.4 Å². The minimum Gasteiger partial charge on any atom is -0.487 e. The lowest BCUT2D eigenvalue weighted by Gasteiger charge is -2.15. The molecule has 4 rings (SSSR count). The first-order valence-corrected chi connectivity index (χ1v) is 16.6. The van der Waals surface area contributed by atoms with Crippen LogP contribution >= 0.6 is 0 Å². The molecule has 1 aromatic carbocycles. The number of hydrogen-bond acceptors (Lipinski definition) is 5. The Hall–Kier alpha value is -3.16. The number of hydrogen-bond donors (Lipinski definition) is 1. The highest BCUT2D eigenvalue weighted by molar-refractivity contribution is 6.76. The molecule has 0 spiro atoms. The van der Waals surface area contributed by atoms with E-state index in [2.05, 4.69) is 46.3 Å². The van der Waals surface area contributed by atoms with E-state index < -0.39 is 14.7 Å². The molecule has 38 heavy (non-hydrogen) atoms. The van der Waals surface area contributed by atoms with Crippen LogP contribution in [-0.2, 0) is 17.9 Å². The largest absolute Gasteiger partial charge is 0.487 e. The quantitative estimate of drug-likeness (QED) is 0.181. The van der Waals surface area contributed by atoms with E-state index in [0.29, 0.717) is 35.2 Å². The first-order chi connectivity index (χ1) is 18.0. The second kappa shape index (κ2) is 11.7. The zero-order valence-electron chi connectivity index (χ0n) is 22.6. The zero-order valence-corrected chi connectivity index (χ0v) is 23.6. The van der Waals surface area contributed by atoms with Crippen molar-refractivity contribution < 1.29 is 23.0 Å². The van der Waals surface area contributed by atoms with Crippen molar-refractivity contribution >= 4 is 19.0 Å². The molecule has 0 aliphatic heterocycles. The van der Waals surface area contributed by atoms with Crippen molar-refractivity contribution in [1.29, 1.82) is 0 Å². The highest BCUT2D eigenvalue weighted by Gasteiger charge is 2.26. The van der Waals surface area contributed by atoms with Gasteiger partial charge < -0.3 is 19.2 Å². The number of fused-ring (bicyclic) bond motifs is 1. The van der Waals surface area contributed by atoms with Crippen LogP contribution in [0.3, 0.4) is 0 Å². The Morgan fingerprint density at radius 2 is 1.97 bits per heavy atom. The highest BCUT2D eigenvalue weighted by atomic mass is 28.3. The molecule has 2 aromatic heterocycles.